The molecule has 1 heterocycles. The number of sulfonamides is 1. The van der Waals surface area contributed by atoms with Crippen molar-refractivity contribution in [1.29, 1.82) is 5.41 Å². The van der Waals surface area contributed by atoms with Gasteiger partial charge in [0.2, 0.25) is 16.0 Å². The van der Waals surface area contributed by atoms with Gasteiger partial charge in [-0.05, 0) is 0 Å². The molecule has 28 heavy (non-hydrogen) atoms. The van der Waals surface area contributed by atoms with Gasteiger partial charge >= 0.3 is 6.09 Å². The molecule has 0 spiro atoms. The molecule has 0 unspecified atom stereocenters. The summed E-state index contributed by atoms with van der Waals surface area (Å²) >= 11 is 0. The molecule has 150 valence electrons. The molecule has 0 atom stereocenters. The van der Waals surface area contributed by atoms with Crippen LogP contribution in [-0.2, 0) is 21.4 Å². The Morgan fingerprint density at radius 3 is 2.57 bits per heavy atom. The van der Waals surface area contributed by atoms with E-state index < -0.39 is 27.9 Å². The number of carbonyl (C=O) groups excluding carboxylic acids is 1. The van der Waals surface area contributed by atoms with Crippen LogP contribution in [0.1, 0.15) is 5.56 Å². The van der Waals surface area contributed by atoms with Crippen molar-refractivity contribution in [2.45, 2.75) is 6.61 Å². The molecule has 0 bridgehead atoms. The Hall–Kier alpha value is -3.32. The number of ether oxygens (including phenoxy) is 1. The maximum Gasteiger partial charge on any atom is 0.414 e. The number of alkyl carbamates (subject to hydrolysis) is 1. The zero-order valence-electron chi connectivity index (χ0n) is 14.5. The molecule has 13 heteroatoms. The number of nitrogens with two attached hydrogens (primary N) is 2. The minimum atomic E-state index is -3.60. The summed E-state index contributed by atoms with van der Waals surface area (Å²) in [7, 11) is -3.60. The van der Waals surface area contributed by atoms with Gasteiger partial charge in [0.05, 0.1) is 5.75 Å². The van der Waals surface area contributed by atoms with Gasteiger partial charge in [-0.1, -0.05) is 18.2 Å². The summed E-state index contributed by atoms with van der Waals surface area (Å²) in [5.74, 6) is -1.34. The van der Waals surface area contributed by atoms with Crippen LogP contribution in [0.15, 0.2) is 30.6 Å². The second-order valence-electron chi connectivity index (χ2n) is 5.48. The molecule has 7 N–H and O–H groups in total. The molecule has 11 nitrogen and oxygen atoms in total. The monoisotopic (exact) mass is 411 g/mol. The molecule has 2 rings (SSSR count). The standard InChI is InChI=1S/C15H18FN7O4S/c16-12-9(8-27-15(24)23-13(17)18)2-1-3-11(12)10-6-21-14(22-7-10)20-4-5-28(19,25)26/h1-3,6-7H,4-5,8H2,(H2,19,25,26)(H,20,21,22)(H4,17,18,23,24). The number of primary sulfonamides is 1. The van der Waals surface area contributed by atoms with Crippen molar-refractivity contribution in [2.24, 2.45) is 10.9 Å². The Labute approximate surface area is 159 Å². The summed E-state index contributed by atoms with van der Waals surface area (Å²) in [6.07, 6.45) is 1.74. The summed E-state index contributed by atoms with van der Waals surface area (Å²) in [6.45, 7) is -0.339. The van der Waals surface area contributed by atoms with Gasteiger partial charge in [0.1, 0.15) is 12.4 Å². The fourth-order valence-electron chi connectivity index (χ4n) is 2.07. The summed E-state index contributed by atoms with van der Waals surface area (Å²) < 4.78 is 41.2. The lowest BCUT2D eigenvalue weighted by atomic mass is 10.1. The SMILES string of the molecule is N=C(N)NC(=O)OCc1cccc(-c2cnc(NCCS(N)(=O)=O)nc2)c1F. The van der Waals surface area contributed by atoms with E-state index in [0.29, 0.717) is 5.56 Å². The van der Waals surface area contributed by atoms with Crippen LogP contribution in [0.2, 0.25) is 0 Å². The lowest BCUT2D eigenvalue weighted by molar-refractivity contribution is 0.143. The quantitative estimate of drug-likeness (QED) is 0.313. The van der Waals surface area contributed by atoms with Gasteiger partial charge in [0, 0.05) is 35.6 Å². The first-order valence-corrected chi connectivity index (χ1v) is 9.49. The van der Waals surface area contributed by atoms with Crippen molar-refractivity contribution < 1.29 is 22.3 Å². The maximum absolute atomic E-state index is 14.7. The summed E-state index contributed by atoms with van der Waals surface area (Å²) in [6, 6.07) is 4.50. The van der Waals surface area contributed by atoms with Gasteiger partial charge in [-0.25, -0.2) is 32.7 Å². The molecule has 0 aliphatic heterocycles. The molecule has 0 radical (unpaired) electrons. The molecular weight excluding hydrogens is 393 g/mol. The van der Waals surface area contributed by atoms with E-state index in [0.717, 1.165) is 0 Å². The highest BCUT2D eigenvalue weighted by Gasteiger charge is 2.13. The Morgan fingerprint density at radius 1 is 1.29 bits per heavy atom. The second kappa shape index (κ2) is 9.05. The number of halogens is 1. The highest BCUT2D eigenvalue weighted by Crippen LogP contribution is 2.24. The zero-order valence-corrected chi connectivity index (χ0v) is 15.3. The number of benzene rings is 1. The molecular formula is C15H18FN7O4S. The number of hydrogen-bond donors (Lipinski definition) is 5. The van der Waals surface area contributed by atoms with E-state index in [4.69, 9.17) is 21.0 Å². The number of guanidine groups is 1. The zero-order chi connectivity index (χ0) is 20.7. The minimum absolute atomic E-state index is 0.0295. The van der Waals surface area contributed by atoms with Crippen LogP contribution in [0.5, 0.6) is 0 Å². The highest BCUT2D eigenvalue weighted by atomic mass is 32.2. The molecule has 0 fully saturated rings. The number of hydrogen-bond acceptors (Lipinski definition) is 8. The van der Waals surface area contributed by atoms with Gasteiger partial charge in [-0.15, -0.1) is 0 Å². The molecule has 1 amide bonds. The van der Waals surface area contributed by atoms with Crippen LogP contribution in [-0.4, -0.2) is 42.7 Å². The first-order valence-electron chi connectivity index (χ1n) is 7.77. The summed E-state index contributed by atoms with van der Waals surface area (Å²) in [4.78, 5) is 19.3. The number of carbonyl (C=O) groups is 1. The van der Waals surface area contributed by atoms with E-state index >= 15 is 0 Å². The van der Waals surface area contributed by atoms with Gasteiger partial charge in [0.25, 0.3) is 0 Å². The number of rotatable bonds is 7. The minimum Gasteiger partial charge on any atom is -0.444 e. The Morgan fingerprint density at radius 2 is 1.96 bits per heavy atom. The van der Waals surface area contributed by atoms with Crippen LogP contribution in [0.3, 0.4) is 0 Å². The highest BCUT2D eigenvalue weighted by molar-refractivity contribution is 7.89. The predicted molar refractivity (Wildman–Crippen MR) is 99.1 cm³/mol. The molecule has 0 aliphatic carbocycles. The largest absolute Gasteiger partial charge is 0.444 e. The number of aromatic nitrogens is 2. The molecule has 0 aliphatic rings. The van der Waals surface area contributed by atoms with Crippen LogP contribution in [0.25, 0.3) is 11.1 Å². The van der Waals surface area contributed by atoms with Crippen molar-refractivity contribution in [2.75, 3.05) is 17.6 Å². The van der Waals surface area contributed by atoms with Crippen LogP contribution in [0, 0.1) is 11.2 Å². The van der Waals surface area contributed by atoms with E-state index in [1.165, 1.54) is 24.5 Å². The third-order valence-corrected chi connectivity index (χ3v) is 4.08. The first kappa shape index (κ1) is 21.0. The van der Waals surface area contributed by atoms with Crippen molar-refractivity contribution in [3.8, 4) is 11.1 Å². The van der Waals surface area contributed by atoms with Gasteiger partial charge < -0.3 is 15.8 Å². The third kappa shape index (κ3) is 6.44. The van der Waals surface area contributed by atoms with Crippen LogP contribution >= 0.6 is 0 Å². The topological polar surface area (TPSA) is 186 Å². The van der Waals surface area contributed by atoms with Crippen molar-refractivity contribution >= 4 is 28.0 Å². The van der Waals surface area contributed by atoms with E-state index in [2.05, 4.69) is 15.3 Å². The first-order chi connectivity index (χ1) is 13.2. The van der Waals surface area contributed by atoms with E-state index in [1.54, 1.807) is 6.07 Å². The van der Waals surface area contributed by atoms with Gasteiger partial charge in [-0.3, -0.25) is 10.7 Å². The summed E-state index contributed by atoms with van der Waals surface area (Å²) in [5, 5.41) is 16.4. The Kier molecular flexibility index (Phi) is 6.79. The molecule has 2 aromatic rings. The van der Waals surface area contributed by atoms with Crippen LogP contribution < -0.4 is 21.5 Å². The number of nitrogens with zero attached hydrogens (tertiary/aromatic N) is 2. The third-order valence-electron chi connectivity index (χ3n) is 3.31. The predicted octanol–water partition coefficient (Wildman–Crippen LogP) is 0.103. The lowest BCUT2D eigenvalue weighted by Gasteiger charge is -2.10. The average molecular weight is 411 g/mol. The fraction of sp³-hybridized carbons (Fsp3) is 0.200. The van der Waals surface area contributed by atoms with Gasteiger partial charge in [0.15, 0.2) is 5.96 Å². The van der Waals surface area contributed by atoms with E-state index in [1.807, 2.05) is 5.32 Å². The summed E-state index contributed by atoms with van der Waals surface area (Å²) in [5.41, 5.74) is 5.65. The molecule has 0 saturated heterocycles. The van der Waals surface area contributed by atoms with E-state index in [9.17, 15) is 17.6 Å². The second-order valence-corrected chi connectivity index (χ2v) is 7.22. The normalized spacial score (nSPS) is 10.9. The number of nitrogens with one attached hydrogen (secondary N) is 3. The smallest absolute Gasteiger partial charge is 0.414 e. The molecule has 1 aromatic heterocycles. The van der Waals surface area contributed by atoms with Crippen molar-refractivity contribution in [3.63, 3.8) is 0 Å². The molecule has 1 aromatic carbocycles. The lowest BCUT2D eigenvalue weighted by Crippen LogP contribution is -2.36. The number of amides is 1. The van der Waals surface area contributed by atoms with Crippen molar-refractivity contribution in [1.82, 2.24) is 15.3 Å². The fourth-order valence-corrected chi connectivity index (χ4v) is 2.45. The van der Waals surface area contributed by atoms with Crippen molar-refractivity contribution in [3.05, 3.63) is 42.0 Å². The Bertz CT molecular complexity index is 967. The average Bonchev–Trinajstić information content (AvgIpc) is 2.60. The molecule has 0 saturated carbocycles. The number of anilines is 1. The maximum atomic E-state index is 14.7. The van der Waals surface area contributed by atoms with Gasteiger partial charge in [-0.2, -0.15) is 0 Å². The Balaban J connectivity index is 2.06. The van der Waals surface area contributed by atoms with E-state index in [-0.39, 0.29) is 36.0 Å². The van der Waals surface area contributed by atoms with Crippen LogP contribution in [0.4, 0.5) is 15.1 Å².